The number of hydrogen-bond acceptors (Lipinski definition) is 2. The van der Waals surface area contributed by atoms with Crippen LogP contribution in [0.25, 0.3) is 0 Å². The van der Waals surface area contributed by atoms with Crippen molar-refractivity contribution in [2.24, 2.45) is 5.73 Å². The third-order valence-corrected chi connectivity index (χ3v) is 2.57. The molecule has 0 aromatic heterocycles. The summed E-state index contributed by atoms with van der Waals surface area (Å²) in [4.78, 5) is 0. The number of methoxy groups -OCH3 is 1. The molecule has 0 spiro atoms. The van der Waals surface area contributed by atoms with Crippen molar-refractivity contribution in [3.8, 4) is 5.75 Å². The smallest absolute Gasteiger partial charge is 0.119 e. The fourth-order valence-electron chi connectivity index (χ4n) is 1.64. The number of nitrogens with two attached hydrogens (primary N) is 1. The van der Waals surface area contributed by atoms with Crippen LogP contribution in [-0.4, -0.2) is 13.2 Å². The zero-order chi connectivity index (χ0) is 12.0. The normalized spacial score (nSPS) is 12.2. The number of allylic oxidation sites excluding steroid dienone is 1. The van der Waals surface area contributed by atoms with E-state index >= 15 is 0 Å². The Morgan fingerprint density at radius 3 is 2.88 bits per heavy atom. The molecular formula is C14H21NO. The van der Waals surface area contributed by atoms with Crippen LogP contribution in [0.4, 0.5) is 0 Å². The average Bonchev–Trinajstić information content (AvgIpc) is 2.26. The van der Waals surface area contributed by atoms with Gasteiger partial charge >= 0.3 is 0 Å². The fraction of sp³-hybridized carbons (Fsp3) is 0.429. The predicted molar refractivity (Wildman–Crippen MR) is 68.7 cm³/mol. The molecule has 2 N–H and O–H groups in total. The van der Waals surface area contributed by atoms with Crippen molar-refractivity contribution in [1.82, 2.24) is 0 Å². The molecule has 2 nitrogen and oxygen atoms in total. The number of benzene rings is 1. The molecule has 1 aromatic carbocycles. The molecule has 0 amide bonds. The van der Waals surface area contributed by atoms with Gasteiger partial charge in [-0.3, -0.25) is 0 Å². The predicted octanol–water partition coefficient (Wildman–Crippen LogP) is 2.92. The average molecular weight is 219 g/mol. The van der Waals surface area contributed by atoms with E-state index in [1.54, 1.807) is 7.11 Å². The van der Waals surface area contributed by atoms with Crippen LogP contribution in [0, 0.1) is 0 Å². The molecule has 1 atom stereocenters. The second-order valence-electron chi connectivity index (χ2n) is 4.31. The lowest BCUT2D eigenvalue weighted by Crippen LogP contribution is -2.22. The van der Waals surface area contributed by atoms with Gasteiger partial charge in [-0.2, -0.15) is 0 Å². The Balaban J connectivity index is 2.48. The molecule has 0 saturated carbocycles. The Bertz CT molecular complexity index is 346. The van der Waals surface area contributed by atoms with E-state index in [1.165, 1.54) is 11.1 Å². The van der Waals surface area contributed by atoms with E-state index in [2.05, 4.69) is 12.6 Å². The van der Waals surface area contributed by atoms with Crippen molar-refractivity contribution in [3.63, 3.8) is 0 Å². The van der Waals surface area contributed by atoms with Gasteiger partial charge in [0.2, 0.25) is 0 Å². The second kappa shape index (κ2) is 6.33. The minimum absolute atomic E-state index is 0.198. The van der Waals surface area contributed by atoms with E-state index in [0.29, 0.717) is 0 Å². The van der Waals surface area contributed by atoms with Gasteiger partial charge in [0, 0.05) is 6.04 Å². The van der Waals surface area contributed by atoms with Crippen LogP contribution in [-0.2, 0) is 6.42 Å². The zero-order valence-corrected chi connectivity index (χ0v) is 10.2. The standard InChI is InChI=1S/C14H21NO/c1-11(2)7-8-13(15)9-12-5-4-6-14(10-12)16-3/h4-6,10,13H,1,7-9,15H2,2-3H3. The first-order valence-electron chi connectivity index (χ1n) is 5.64. The number of hydrogen-bond donors (Lipinski definition) is 1. The summed E-state index contributed by atoms with van der Waals surface area (Å²) < 4.78 is 5.18. The molecule has 1 rings (SSSR count). The summed E-state index contributed by atoms with van der Waals surface area (Å²) in [5, 5.41) is 0. The summed E-state index contributed by atoms with van der Waals surface area (Å²) in [6.45, 7) is 5.93. The molecule has 88 valence electrons. The molecule has 0 saturated heterocycles. The van der Waals surface area contributed by atoms with Crippen LogP contribution in [0.15, 0.2) is 36.4 Å². The SMILES string of the molecule is C=C(C)CCC(N)Cc1cccc(OC)c1. The number of rotatable bonds is 6. The first-order chi connectivity index (χ1) is 7.61. The molecule has 0 bridgehead atoms. The molecular weight excluding hydrogens is 198 g/mol. The first-order valence-corrected chi connectivity index (χ1v) is 5.64. The molecule has 0 radical (unpaired) electrons. The largest absolute Gasteiger partial charge is 0.497 e. The van der Waals surface area contributed by atoms with Gasteiger partial charge in [0.25, 0.3) is 0 Å². The highest BCUT2D eigenvalue weighted by Gasteiger charge is 2.04. The van der Waals surface area contributed by atoms with Gasteiger partial charge < -0.3 is 10.5 Å². The van der Waals surface area contributed by atoms with Crippen molar-refractivity contribution in [2.75, 3.05) is 7.11 Å². The van der Waals surface area contributed by atoms with E-state index in [4.69, 9.17) is 10.5 Å². The topological polar surface area (TPSA) is 35.2 Å². The van der Waals surface area contributed by atoms with Gasteiger partial charge in [-0.1, -0.05) is 17.7 Å². The van der Waals surface area contributed by atoms with Crippen molar-refractivity contribution < 1.29 is 4.74 Å². The van der Waals surface area contributed by atoms with Gasteiger partial charge in [0.15, 0.2) is 0 Å². The van der Waals surface area contributed by atoms with Crippen LogP contribution in [0.2, 0.25) is 0 Å². The van der Waals surface area contributed by atoms with Crippen LogP contribution < -0.4 is 10.5 Å². The highest BCUT2D eigenvalue weighted by molar-refractivity contribution is 5.28. The molecule has 0 aliphatic carbocycles. The summed E-state index contributed by atoms with van der Waals surface area (Å²) in [7, 11) is 1.68. The highest BCUT2D eigenvalue weighted by Crippen LogP contribution is 2.15. The Morgan fingerprint density at radius 1 is 1.50 bits per heavy atom. The van der Waals surface area contributed by atoms with Crippen molar-refractivity contribution in [1.29, 1.82) is 0 Å². The Labute approximate surface area is 98.1 Å². The Morgan fingerprint density at radius 2 is 2.25 bits per heavy atom. The van der Waals surface area contributed by atoms with Gasteiger partial charge in [0.05, 0.1) is 7.11 Å². The molecule has 0 aliphatic rings. The van der Waals surface area contributed by atoms with Crippen LogP contribution in [0.3, 0.4) is 0 Å². The minimum atomic E-state index is 0.198. The van der Waals surface area contributed by atoms with Crippen molar-refractivity contribution in [3.05, 3.63) is 42.0 Å². The highest BCUT2D eigenvalue weighted by atomic mass is 16.5. The molecule has 16 heavy (non-hydrogen) atoms. The lowest BCUT2D eigenvalue weighted by molar-refractivity contribution is 0.414. The lowest BCUT2D eigenvalue weighted by atomic mass is 10.0. The molecule has 0 heterocycles. The van der Waals surface area contributed by atoms with Gasteiger partial charge in [0.1, 0.15) is 5.75 Å². The molecule has 0 aliphatic heterocycles. The molecule has 2 heteroatoms. The summed E-state index contributed by atoms with van der Waals surface area (Å²) in [5.74, 6) is 0.893. The minimum Gasteiger partial charge on any atom is -0.497 e. The maximum absolute atomic E-state index is 6.06. The molecule has 0 fully saturated rings. The maximum atomic E-state index is 6.06. The van der Waals surface area contributed by atoms with Crippen LogP contribution >= 0.6 is 0 Å². The number of ether oxygens (including phenoxy) is 1. The van der Waals surface area contributed by atoms with Crippen molar-refractivity contribution >= 4 is 0 Å². The monoisotopic (exact) mass is 219 g/mol. The van der Waals surface area contributed by atoms with Gasteiger partial charge in [-0.05, 0) is 43.9 Å². The van der Waals surface area contributed by atoms with Crippen molar-refractivity contribution in [2.45, 2.75) is 32.2 Å². The third-order valence-electron chi connectivity index (χ3n) is 2.57. The molecule has 1 aromatic rings. The quantitative estimate of drug-likeness (QED) is 0.747. The Kier molecular flexibility index (Phi) is 5.06. The van der Waals surface area contributed by atoms with E-state index in [-0.39, 0.29) is 6.04 Å². The first kappa shape index (κ1) is 12.8. The molecule has 1 unspecified atom stereocenters. The van der Waals surface area contributed by atoms with E-state index in [1.807, 2.05) is 25.1 Å². The summed E-state index contributed by atoms with van der Waals surface area (Å²) >= 11 is 0. The van der Waals surface area contributed by atoms with E-state index in [9.17, 15) is 0 Å². The van der Waals surface area contributed by atoms with E-state index in [0.717, 1.165) is 25.0 Å². The van der Waals surface area contributed by atoms with E-state index < -0.39 is 0 Å². The van der Waals surface area contributed by atoms with Gasteiger partial charge in [-0.25, -0.2) is 0 Å². The summed E-state index contributed by atoms with van der Waals surface area (Å²) in [6.07, 6.45) is 2.89. The summed E-state index contributed by atoms with van der Waals surface area (Å²) in [5.41, 5.74) is 8.49. The second-order valence-corrected chi connectivity index (χ2v) is 4.31. The fourth-order valence-corrected chi connectivity index (χ4v) is 1.64. The third kappa shape index (κ3) is 4.49. The maximum Gasteiger partial charge on any atom is 0.119 e. The van der Waals surface area contributed by atoms with Crippen LogP contribution in [0.5, 0.6) is 5.75 Å². The Hall–Kier alpha value is -1.28. The lowest BCUT2D eigenvalue weighted by Gasteiger charge is -2.12. The summed E-state index contributed by atoms with van der Waals surface area (Å²) in [6, 6.07) is 8.27. The zero-order valence-electron chi connectivity index (χ0n) is 10.2. The van der Waals surface area contributed by atoms with Crippen LogP contribution in [0.1, 0.15) is 25.3 Å². The van der Waals surface area contributed by atoms with Gasteiger partial charge in [-0.15, -0.1) is 6.58 Å².